The summed E-state index contributed by atoms with van der Waals surface area (Å²) in [5, 5.41) is 19.4. The number of benzene rings is 3. The average molecular weight is 1120 g/mol. The van der Waals surface area contributed by atoms with Gasteiger partial charge in [-0.25, -0.2) is 19.9 Å². The number of nitrogens with zero attached hydrogens (tertiary/aromatic N) is 6. The molecular weight excluding hydrogens is 1050 g/mol. The monoisotopic (exact) mass is 1120 g/mol. The van der Waals surface area contributed by atoms with E-state index in [0.29, 0.717) is 54.5 Å². The molecule has 3 atom stereocenters. The van der Waals surface area contributed by atoms with Gasteiger partial charge in [0.05, 0.1) is 73.1 Å². The molecule has 3 aromatic carbocycles. The second-order valence-corrected chi connectivity index (χ2v) is 22.7. The van der Waals surface area contributed by atoms with Crippen LogP contribution in [0.3, 0.4) is 0 Å². The first-order chi connectivity index (χ1) is 39.0. The molecule has 1 aliphatic heterocycles. The highest BCUT2D eigenvalue weighted by atomic mass is 32.1. The summed E-state index contributed by atoms with van der Waals surface area (Å²) in [5.41, 5.74) is 23.6. The number of thiazole rings is 1. The Hall–Kier alpha value is -7.46. The molecule has 0 bridgehead atoms. The second kappa shape index (κ2) is 26.4. The molecule has 4 amide bonds. The third-order valence-corrected chi connectivity index (χ3v) is 15.9. The van der Waals surface area contributed by atoms with Gasteiger partial charge in [0.15, 0.2) is 11.5 Å². The van der Waals surface area contributed by atoms with Crippen LogP contribution in [0.15, 0.2) is 109 Å². The van der Waals surface area contributed by atoms with Crippen molar-refractivity contribution < 1.29 is 38.5 Å². The van der Waals surface area contributed by atoms with Gasteiger partial charge >= 0.3 is 0 Å². The zero-order valence-electron chi connectivity index (χ0n) is 46.5. The lowest BCUT2D eigenvalue weighted by Crippen LogP contribution is -2.57. The van der Waals surface area contributed by atoms with Gasteiger partial charge in [0, 0.05) is 61.9 Å². The lowest BCUT2D eigenvalue weighted by molar-refractivity contribution is -0.144. The number of carbonyl (C=O) groups excluding carboxylic acids is 4. The van der Waals surface area contributed by atoms with Crippen molar-refractivity contribution in [2.24, 2.45) is 11.1 Å². The van der Waals surface area contributed by atoms with E-state index in [0.717, 1.165) is 69.0 Å². The highest BCUT2D eigenvalue weighted by Gasteiger charge is 2.44. The number of nitrogens with one attached hydrogen (secondary N) is 3. The van der Waals surface area contributed by atoms with E-state index in [1.165, 1.54) is 4.90 Å². The van der Waals surface area contributed by atoms with Crippen molar-refractivity contribution in [1.82, 2.24) is 45.4 Å². The lowest BCUT2D eigenvalue weighted by atomic mass is 9.73. The van der Waals surface area contributed by atoms with Crippen LogP contribution < -0.4 is 27.4 Å². The maximum atomic E-state index is 14.0. The van der Waals surface area contributed by atoms with Gasteiger partial charge < -0.3 is 51.6 Å². The molecule has 2 fully saturated rings. The summed E-state index contributed by atoms with van der Waals surface area (Å²) in [4.78, 5) is 74.5. The van der Waals surface area contributed by atoms with Crippen molar-refractivity contribution in [1.29, 1.82) is 0 Å². The number of aliphatic hydroxyl groups is 1. The van der Waals surface area contributed by atoms with Crippen LogP contribution in [0.4, 0.5) is 5.82 Å². The van der Waals surface area contributed by atoms with Gasteiger partial charge in [0.1, 0.15) is 23.4 Å². The van der Waals surface area contributed by atoms with Gasteiger partial charge in [-0.05, 0) is 103 Å². The molecule has 5 heterocycles. The van der Waals surface area contributed by atoms with Crippen LogP contribution in [-0.2, 0) is 51.9 Å². The van der Waals surface area contributed by atoms with Crippen LogP contribution in [0.5, 0.6) is 0 Å². The van der Waals surface area contributed by atoms with Gasteiger partial charge in [-0.3, -0.25) is 23.7 Å². The number of likely N-dealkylation sites (tertiary alicyclic amines) is 1. The number of fused-ring (bicyclic) bond motifs is 1. The van der Waals surface area contributed by atoms with E-state index in [2.05, 4.69) is 56.3 Å². The maximum Gasteiger partial charge on any atom is 0.246 e. The fourth-order valence-electron chi connectivity index (χ4n) is 10.1. The number of rotatable bonds is 25. The van der Waals surface area contributed by atoms with Crippen LogP contribution in [0.1, 0.15) is 81.7 Å². The zero-order valence-corrected chi connectivity index (χ0v) is 47.3. The molecule has 0 radical (unpaired) electrons. The first-order valence-corrected chi connectivity index (χ1v) is 28.6. The third kappa shape index (κ3) is 14.5. The molecule has 0 spiro atoms. The number of nitrogen functional groups attached to an aromatic ring is 1. The number of hydrogen-bond acceptors (Lipinski definition) is 15. The number of aromatic nitrogens is 5. The van der Waals surface area contributed by atoms with Gasteiger partial charge in [-0.15, -0.1) is 11.3 Å². The topological polar surface area (TPSA) is 264 Å². The summed E-state index contributed by atoms with van der Waals surface area (Å²) >= 11 is 1.57. The number of carbonyl (C=O) groups is 4. The molecule has 1 saturated heterocycles. The fraction of sp³-hybridized carbons (Fsp3) is 0.410. The lowest BCUT2D eigenvalue weighted by Gasteiger charge is -2.38. The van der Waals surface area contributed by atoms with Crippen LogP contribution >= 0.6 is 11.3 Å². The number of amides is 4. The Bertz CT molecular complexity index is 3300. The van der Waals surface area contributed by atoms with E-state index in [9.17, 15) is 24.3 Å². The van der Waals surface area contributed by atoms with Crippen LogP contribution in [0.2, 0.25) is 0 Å². The number of ether oxygens (including phenoxy) is 3. The minimum Gasteiger partial charge on any atom is -0.391 e. The normalized spacial score (nSPS) is 16.2. The fourth-order valence-corrected chi connectivity index (χ4v) is 11.0. The molecule has 4 aromatic heterocycles. The Kier molecular flexibility index (Phi) is 19.0. The summed E-state index contributed by atoms with van der Waals surface area (Å²) in [6.45, 7) is 9.63. The van der Waals surface area contributed by atoms with Crippen molar-refractivity contribution in [3.8, 4) is 38.8 Å². The standard InChI is InChI=1S/C61H73N11O8S/c1-39-53(81-38-67-39)42-13-11-41(12-14-42)36-66-58(76)50-35-46(73)37-71(50)59(77)54(60(2,3)4)70-52(75)23-29-79-31-33-80-32-30-78-28-22-51(74)64-27-21-40-8-5-9-43(34-40)48-19-20-49-57(68-48)72(56(69-49)47-10-6-26-65-55(47)62)45-17-15-44(16-18-45)61(63)24-7-25-61/h5-6,8-20,26,34,38,46,50,54,73H,7,21-25,27-33,35-37,63H2,1-4H3,(H2,62,65)(H,64,74)(H,66,76)(H,70,75)/t46-,50+,54?/m1/s1. The average Bonchev–Trinajstić information content (AvgIpc) is 4.27. The first-order valence-electron chi connectivity index (χ1n) is 27.7. The predicted molar refractivity (Wildman–Crippen MR) is 312 cm³/mol. The van der Waals surface area contributed by atoms with Crippen molar-refractivity contribution >= 4 is 51.9 Å². The Balaban J connectivity index is 0.653. The number of β-amino-alcohol motifs (C(OH)–C–C–N with tert-alkyl or cyclic N) is 1. The summed E-state index contributed by atoms with van der Waals surface area (Å²) in [6, 6.07) is 30.2. The van der Waals surface area contributed by atoms with Crippen molar-refractivity contribution in [2.75, 3.05) is 58.5 Å². The number of aryl methyl sites for hydroxylation is 1. The molecule has 19 nitrogen and oxygen atoms in total. The minimum atomic E-state index is -0.946. The summed E-state index contributed by atoms with van der Waals surface area (Å²) in [7, 11) is 0. The summed E-state index contributed by atoms with van der Waals surface area (Å²) < 4.78 is 18.9. The van der Waals surface area contributed by atoms with Crippen LogP contribution in [-0.4, -0.2) is 129 Å². The molecule has 1 saturated carbocycles. The molecule has 81 heavy (non-hydrogen) atoms. The maximum absolute atomic E-state index is 14.0. The van der Waals surface area contributed by atoms with E-state index >= 15 is 0 Å². The molecule has 7 aromatic rings. The van der Waals surface area contributed by atoms with Gasteiger partial charge in [-0.1, -0.05) is 75.4 Å². The zero-order chi connectivity index (χ0) is 57.1. The van der Waals surface area contributed by atoms with Crippen molar-refractivity contribution in [2.45, 2.75) is 103 Å². The van der Waals surface area contributed by atoms with Gasteiger partial charge in [0.2, 0.25) is 23.6 Å². The number of nitrogens with two attached hydrogens (primary N) is 2. The number of pyridine rings is 2. The summed E-state index contributed by atoms with van der Waals surface area (Å²) in [5.74, 6) is -0.281. The molecule has 426 valence electrons. The van der Waals surface area contributed by atoms with E-state index in [1.807, 2.05) is 105 Å². The Morgan fingerprint density at radius 2 is 1.53 bits per heavy atom. The first kappa shape index (κ1) is 58.2. The van der Waals surface area contributed by atoms with E-state index < -0.39 is 29.5 Å². The minimum absolute atomic E-state index is 0.00611. The highest BCUT2D eigenvalue weighted by Crippen LogP contribution is 2.40. The quantitative estimate of drug-likeness (QED) is 0.0322. The summed E-state index contributed by atoms with van der Waals surface area (Å²) in [6.07, 6.45) is 4.78. The molecule has 20 heteroatoms. The molecule has 2 aliphatic rings. The molecule has 9 rings (SSSR count). The van der Waals surface area contributed by atoms with Gasteiger partial charge in [-0.2, -0.15) is 0 Å². The van der Waals surface area contributed by atoms with Crippen molar-refractivity contribution in [3.05, 3.63) is 131 Å². The van der Waals surface area contributed by atoms with E-state index in [4.69, 9.17) is 35.6 Å². The molecule has 1 aliphatic carbocycles. The Labute approximate surface area is 476 Å². The van der Waals surface area contributed by atoms with E-state index in [-0.39, 0.29) is 82.0 Å². The largest absolute Gasteiger partial charge is 0.391 e. The molecular formula is C61H73N11O8S. The Morgan fingerprint density at radius 1 is 0.815 bits per heavy atom. The number of aliphatic hydroxyl groups excluding tert-OH is 1. The highest BCUT2D eigenvalue weighted by molar-refractivity contribution is 7.13. The van der Waals surface area contributed by atoms with Crippen LogP contribution in [0.25, 0.3) is 49.9 Å². The second-order valence-electron chi connectivity index (χ2n) is 21.9. The van der Waals surface area contributed by atoms with E-state index in [1.54, 1.807) is 17.5 Å². The SMILES string of the molecule is Cc1ncsc1-c1ccc(CNC(=O)[C@@H]2C[C@@H](O)CN2C(=O)C(NC(=O)CCOCCOCCOCCC(=O)NCCc2cccc(-c3ccc4nc(-c5cccnc5N)n(-c5ccc(C6(N)CCC6)cc5)c4n3)c2)C(C)(C)C)cc1. The predicted octanol–water partition coefficient (Wildman–Crippen LogP) is 6.80. The molecule has 1 unspecified atom stereocenters. The Morgan fingerprint density at radius 3 is 2.20 bits per heavy atom. The van der Waals surface area contributed by atoms with Crippen LogP contribution in [0, 0.1) is 12.3 Å². The third-order valence-electron chi connectivity index (χ3n) is 14.9. The number of imidazole rings is 1. The number of anilines is 1. The number of hydrogen-bond donors (Lipinski definition) is 6. The van der Waals surface area contributed by atoms with Gasteiger partial charge in [0.25, 0.3) is 0 Å². The smallest absolute Gasteiger partial charge is 0.246 e. The molecule has 8 N–H and O–H groups in total. The van der Waals surface area contributed by atoms with Crippen molar-refractivity contribution in [3.63, 3.8) is 0 Å².